The van der Waals surface area contributed by atoms with E-state index in [9.17, 15) is 0 Å². The van der Waals surface area contributed by atoms with Crippen LogP contribution in [0.5, 0.6) is 5.75 Å². The van der Waals surface area contributed by atoms with Crippen LogP contribution >= 0.6 is 0 Å². The minimum atomic E-state index is -0.298. The van der Waals surface area contributed by atoms with Crippen molar-refractivity contribution in [2.75, 3.05) is 0 Å². The van der Waals surface area contributed by atoms with Crippen LogP contribution in [0.2, 0.25) is 0 Å². The van der Waals surface area contributed by atoms with Crippen LogP contribution in [0.1, 0.15) is 19.4 Å². The Hall–Kier alpha value is -2.28. The van der Waals surface area contributed by atoms with Crippen molar-refractivity contribution in [3.63, 3.8) is 0 Å². The molecule has 3 aromatic carbocycles. The lowest BCUT2D eigenvalue weighted by atomic mass is 9.83. The van der Waals surface area contributed by atoms with E-state index in [4.69, 9.17) is 4.74 Å². The Morgan fingerprint density at radius 2 is 1.55 bits per heavy atom. The lowest BCUT2D eigenvalue weighted by Gasteiger charge is -2.35. The van der Waals surface area contributed by atoms with Gasteiger partial charge in [0.05, 0.1) is 0 Å². The van der Waals surface area contributed by atoms with E-state index < -0.39 is 0 Å². The van der Waals surface area contributed by atoms with Crippen molar-refractivity contribution in [3.05, 3.63) is 66.2 Å². The zero-order chi connectivity index (χ0) is 13.7. The molecule has 1 aliphatic heterocycles. The first kappa shape index (κ1) is 11.5. The number of rotatable bonds is 0. The predicted molar refractivity (Wildman–Crippen MR) is 83.0 cm³/mol. The maximum absolute atomic E-state index is 6.19. The molecule has 1 aliphatic rings. The second kappa shape index (κ2) is 3.86. The van der Waals surface area contributed by atoms with Crippen molar-refractivity contribution >= 4 is 10.8 Å². The zero-order valence-electron chi connectivity index (χ0n) is 11.7. The van der Waals surface area contributed by atoms with E-state index in [1.807, 2.05) is 6.07 Å². The van der Waals surface area contributed by atoms with Crippen LogP contribution in [0.15, 0.2) is 60.7 Å². The summed E-state index contributed by atoms with van der Waals surface area (Å²) < 4.78 is 6.19. The highest BCUT2D eigenvalue weighted by Crippen LogP contribution is 2.47. The molecule has 20 heavy (non-hydrogen) atoms. The van der Waals surface area contributed by atoms with E-state index in [0.717, 1.165) is 5.75 Å². The Kier molecular flexibility index (Phi) is 2.23. The van der Waals surface area contributed by atoms with Crippen molar-refractivity contribution in [3.8, 4) is 16.9 Å². The zero-order valence-corrected chi connectivity index (χ0v) is 11.7. The number of hydrogen-bond acceptors (Lipinski definition) is 1. The second-order valence-corrected chi connectivity index (χ2v) is 5.82. The van der Waals surface area contributed by atoms with Crippen LogP contribution in [0.4, 0.5) is 0 Å². The third kappa shape index (κ3) is 1.50. The average Bonchev–Trinajstić information content (AvgIpc) is 2.46. The van der Waals surface area contributed by atoms with Gasteiger partial charge in [0.15, 0.2) is 0 Å². The van der Waals surface area contributed by atoms with Crippen LogP contribution in [-0.2, 0) is 5.60 Å². The molecular formula is C19H16O. The summed E-state index contributed by atoms with van der Waals surface area (Å²) in [5.41, 5.74) is 3.47. The minimum absolute atomic E-state index is 0.298. The lowest BCUT2D eigenvalue weighted by molar-refractivity contribution is 0.106. The van der Waals surface area contributed by atoms with Crippen molar-refractivity contribution in [2.24, 2.45) is 0 Å². The van der Waals surface area contributed by atoms with Crippen LogP contribution in [0.25, 0.3) is 21.9 Å². The fourth-order valence-electron chi connectivity index (χ4n) is 3.16. The molecule has 1 heteroatoms. The SMILES string of the molecule is CC1(C)Oc2ccccc2-c2c1ccc1ccccc21. The van der Waals surface area contributed by atoms with Gasteiger partial charge in [-0.2, -0.15) is 0 Å². The molecule has 0 saturated carbocycles. The van der Waals surface area contributed by atoms with Gasteiger partial charge in [-0.05, 0) is 30.7 Å². The van der Waals surface area contributed by atoms with Crippen molar-refractivity contribution < 1.29 is 4.74 Å². The highest BCUT2D eigenvalue weighted by Gasteiger charge is 2.33. The molecule has 0 aliphatic carbocycles. The summed E-state index contributed by atoms with van der Waals surface area (Å²) in [5, 5.41) is 2.58. The van der Waals surface area contributed by atoms with Gasteiger partial charge in [0, 0.05) is 16.7 Å². The largest absolute Gasteiger partial charge is 0.482 e. The number of benzene rings is 3. The molecule has 4 rings (SSSR count). The van der Waals surface area contributed by atoms with Gasteiger partial charge in [0.2, 0.25) is 0 Å². The van der Waals surface area contributed by atoms with Gasteiger partial charge in [-0.15, -0.1) is 0 Å². The lowest BCUT2D eigenvalue weighted by Crippen LogP contribution is -2.29. The maximum atomic E-state index is 6.19. The fourth-order valence-corrected chi connectivity index (χ4v) is 3.16. The molecule has 0 unspecified atom stereocenters. The third-order valence-electron chi connectivity index (χ3n) is 4.10. The topological polar surface area (TPSA) is 9.23 Å². The standard InChI is InChI=1S/C19H16O/c1-19(2)16-12-11-13-7-3-4-8-14(13)18(16)15-9-5-6-10-17(15)20-19/h3-12H,1-2H3. The summed E-state index contributed by atoms with van der Waals surface area (Å²) in [6.07, 6.45) is 0. The van der Waals surface area contributed by atoms with Crippen LogP contribution in [-0.4, -0.2) is 0 Å². The summed E-state index contributed by atoms with van der Waals surface area (Å²) in [6.45, 7) is 4.27. The predicted octanol–water partition coefficient (Wildman–Crippen LogP) is 5.13. The Labute approximate surface area is 118 Å². The van der Waals surface area contributed by atoms with Crippen molar-refractivity contribution in [1.29, 1.82) is 0 Å². The molecule has 0 amide bonds. The highest BCUT2D eigenvalue weighted by atomic mass is 16.5. The number of fused-ring (bicyclic) bond motifs is 5. The molecule has 0 fully saturated rings. The Morgan fingerprint density at radius 3 is 2.45 bits per heavy atom. The average molecular weight is 260 g/mol. The van der Waals surface area contributed by atoms with Gasteiger partial charge >= 0.3 is 0 Å². The van der Waals surface area contributed by atoms with E-state index in [-0.39, 0.29) is 5.60 Å². The first-order chi connectivity index (χ1) is 9.67. The molecule has 0 saturated heterocycles. The summed E-state index contributed by atoms with van der Waals surface area (Å²) in [5.74, 6) is 0.973. The van der Waals surface area contributed by atoms with E-state index >= 15 is 0 Å². The molecule has 0 radical (unpaired) electrons. The normalized spacial score (nSPS) is 15.3. The van der Waals surface area contributed by atoms with E-state index in [1.165, 1.54) is 27.5 Å². The van der Waals surface area contributed by atoms with Gasteiger partial charge < -0.3 is 4.74 Å². The first-order valence-electron chi connectivity index (χ1n) is 6.97. The summed E-state index contributed by atoms with van der Waals surface area (Å²) in [6, 6.07) is 21.3. The Balaban J connectivity index is 2.19. The molecule has 1 heterocycles. The second-order valence-electron chi connectivity index (χ2n) is 5.82. The fraction of sp³-hybridized carbons (Fsp3) is 0.158. The molecule has 0 N–H and O–H groups in total. The van der Waals surface area contributed by atoms with Crippen LogP contribution < -0.4 is 4.74 Å². The number of para-hydroxylation sites is 1. The van der Waals surface area contributed by atoms with E-state index in [1.54, 1.807) is 0 Å². The van der Waals surface area contributed by atoms with Gasteiger partial charge in [-0.3, -0.25) is 0 Å². The molecule has 1 nitrogen and oxygen atoms in total. The minimum Gasteiger partial charge on any atom is -0.482 e. The maximum Gasteiger partial charge on any atom is 0.129 e. The summed E-state index contributed by atoms with van der Waals surface area (Å²) in [4.78, 5) is 0. The molecule has 98 valence electrons. The van der Waals surface area contributed by atoms with Gasteiger partial charge in [0.25, 0.3) is 0 Å². The van der Waals surface area contributed by atoms with Crippen LogP contribution in [0, 0.1) is 0 Å². The monoisotopic (exact) mass is 260 g/mol. The van der Waals surface area contributed by atoms with Crippen molar-refractivity contribution in [1.82, 2.24) is 0 Å². The third-order valence-corrected chi connectivity index (χ3v) is 4.10. The summed E-state index contributed by atoms with van der Waals surface area (Å²) in [7, 11) is 0. The summed E-state index contributed by atoms with van der Waals surface area (Å²) >= 11 is 0. The Bertz CT molecular complexity index is 815. The molecule has 0 spiro atoms. The molecule has 0 bridgehead atoms. The molecule has 3 aromatic rings. The number of ether oxygens (including phenoxy) is 1. The molecule has 0 aromatic heterocycles. The van der Waals surface area contributed by atoms with Crippen molar-refractivity contribution in [2.45, 2.75) is 19.4 Å². The van der Waals surface area contributed by atoms with Gasteiger partial charge in [-0.1, -0.05) is 54.6 Å². The van der Waals surface area contributed by atoms with Gasteiger partial charge in [0.1, 0.15) is 11.4 Å². The first-order valence-corrected chi connectivity index (χ1v) is 6.97. The van der Waals surface area contributed by atoms with E-state index in [0.29, 0.717) is 0 Å². The Morgan fingerprint density at radius 1 is 0.800 bits per heavy atom. The quantitative estimate of drug-likeness (QED) is 0.544. The molecular weight excluding hydrogens is 244 g/mol. The van der Waals surface area contributed by atoms with Gasteiger partial charge in [-0.25, -0.2) is 0 Å². The smallest absolute Gasteiger partial charge is 0.129 e. The van der Waals surface area contributed by atoms with Crippen LogP contribution in [0.3, 0.4) is 0 Å². The highest BCUT2D eigenvalue weighted by molar-refractivity contribution is 6.00. The molecule has 0 atom stereocenters. The number of hydrogen-bond donors (Lipinski definition) is 0. The van der Waals surface area contributed by atoms with E-state index in [2.05, 4.69) is 68.4 Å².